The molecule has 0 saturated carbocycles. The van der Waals surface area contributed by atoms with Gasteiger partial charge in [0.2, 0.25) is 11.8 Å². The summed E-state index contributed by atoms with van der Waals surface area (Å²) in [5, 5.41) is 0. The molecule has 0 spiro atoms. The molecular formula is C19H24N2O3. The lowest BCUT2D eigenvalue weighted by Gasteiger charge is -2.36. The van der Waals surface area contributed by atoms with Gasteiger partial charge in [-0.25, -0.2) is 0 Å². The Morgan fingerprint density at radius 3 is 2.50 bits per heavy atom. The highest BCUT2D eigenvalue weighted by Crippen LogP contribution is 2.33. The Labute approximate surface area is 142 Å². The molecule has 24 heavy (non-hydrogen) atoms. The molecule has 4 rings (SSSR count). The fourth-order valence-electron chi connectivity index (χ4n) is 4.22. The van der Waals surface area contributed by atoms with Gasteiger partial charge in [-0.1, -0.05) is 6.07 Å². The highest BCUT2D eigenvalue weighted by molar-refractivity contribution is 6.00. The SMILES string of the molecule is Cc1ccc(N2C[C@@H](C(=O)N3[C@H]4CC[C@H]3COC4)CC2=O)cc1C. The van der Waals surface area contributed by atoms with Crippen LogP contribution in [0.15, 0.2) is 18.2 Å². The van der Waals surface area contributed by atoms with Gasteiger partial charge < -0.3 is 14.5 Å². The van der Waals surface area contributed by atoms with Crippen molar-refractivity contribution in [3.8, 4) is 0 Å². The molecule has 0 N–H and O–H groups in total. The van der Waals surface area contributed by atoms with E-state index in [1.54, 1.807) is 4.90 Å². The molecule has 3 saturated heterocycles. The van der Waals surface area contributed by atoms with E-state index in [0.717, 1.165) is 18.5 Å². The van der Waals surface area contributed by atoms with Gasteiger partial charge in [0.25, 0.3) is 0 Å². The number of nitrogens with zero attached hydrogens (tertiary/aromatic N) is 2. The number of ether oxygens (including phenoxy) is 1. The van der Waals surface area contributed by atoms with E-state index in [1.165, 1.54) is 11.1 Å². The molecular weight excluding hydrogens is 304 g/mol. The van der Waals surface area contributed by atoms with E-state index in [0.29, 0.717) is 26.2 Å². The second-order valence-corrected chi connectivity index (χ2v) is 7.34. The van der Waals surface area contributed by atoms with Crippen molar-refractivity contribution in [3.05, 3.63) is 29.3 Å². The zero-order valence-electron chi connectivity index (χ0n) is 14.3. The largest absolute Gasteiger partial charge is 0.377 e. The van der Waals surface area contributed by atoms with Crippen molar-refractivity contribution < 1.29 is 14.3 Å². The molecule has 3 aliphatic heterocycles. The summed E-state index contributed by atoms with van der Waals surface area (Å²) >= 11 is 0. The van der Waals surface area contributed by atoms with Crippen LogP contribution in [0.5, 0.6) is 0 Å². The Morgan fingerprint density at radius 2 is 1.83 bits per heavy atom. The second-order valence-electron chi connectivity index (χ2n) is 7.34. The maximum Gasteiger partial charge on any atom is 0.228 e. The maximum atomic E-state index is 13.0. The molecule has 2 bridgehead atoms. The molecule has 0 aromatic heterocycles. The van der Waals surface area contributed by atoms with Gasteiger partial charge in [0, 0.05) is 18.7 Å². The number of benzene rings is 1. The van der Waals surface area contributed by atoms with Gasteiger partial charge in [0.05, 0.1) is 31.2 Å². The van der Waals surface area contributed by atoms with Crippen molar-refractivity contribution in [2.24, 2.45) is 5.92 Å². The van der Waals surface area contributed by atoms with Gasteiger partial charge in [-0.15, -0.1) is 0 Å². The van der Waals surface area contributed by atoms with Crippen molar-refractivity contribution in [2.45, 2.75) is 45.2 Å². The molecule has 128 valence electrons. The van der Waals surface area contributed by atoms with Crippen LogP contribution in [-0.4, -0.2) is 48.6 Å². The summed E-state index contributed by atoms with van der Waals surface area (Å²) in [5.41, 5.74) is 3.28. The lowest BCUT2D eigenvalue weighted by Crippen LogP contribution is -2.51. The first-order valence-corrected chi connectivity index (χ1v) is 8.82. The standard InChI is InChI=1S/C19H24N2O3/c1-12-3-4-15(7-13(12)2)20-9-14(8-18(20)22)19(23)21-16-5-6-17(21)11-24-10-16/h3-4,7,14,16-17H,5-6,8-11H2,1-2H3/t14-,16-,17-/m0/s1. The Hall–Kier alpha value is -1.88. The number of hydrogen-bond donors (Lipinski definition) is 0. The molecule has 0 unspecified atom stereocenters. The van der Waals surface area contributed by atoms with E-state index in [9.17, 15) is 9.59 Å². The number of carbonyl (C=O) groups excluding carboxylic acids is 2. The zero-order valence-corrected chi connectivity index (χ0v) is 14.3. The smallest absolute Gasteiger partial charge is 0.228 e. The minimum atomic E-state index is -0.222. The first kappa shape index (κ1) is 15.6. The lowest BCUT2D eigenvalue weighted by molar-refractivity contribution is -0.145. The van der Waals surface area contributed by atoms with Crippen molar-refractivity contribution in [2.75, 3.05) is 24.7 Å². The third-order valence-electron chi connectivity index (χ3n) is 5.77. The van der Waals surface area contributed by atoms with Crippen LogP contribution in [0.2, 0.25) is 0 Å². The fraction of sp³-hybridized carbons (Fsp3) is 0.579. The van der Waals surface area contributed by atoms with Gasteiger partial charge in [-0.2, -0.15) is 0 Å². The van der Waals surface area contributed by atoms with Gasteiger partial charge >= 0.3 is 0 Å². The molecule has 0 aliphatic carbocycles. The molecule has 3 atom stereocenters. The summed E-state index contributed by atoms with van der Waals surface area (Å²) in [6, 6.07) is 6.48. The molecule has 1 aromatic carbocycles. The number of anilines is 1. The predicted molar refractivity (Wildman–Crippen MR) is 90.9 cm³/mol. The second kappa shape index (κ2) is 5.88. The Morgan fingerprint density at radius 1 is 1.12 bits per heavy atom. The first-order valence-electron chi connectivity index (χ1n) is 8.82. The minimum Gasteiger partial charge on any atom is -0.377 e. The Bertz CT molecular complexity index is 671. The molecule has 3 aliphatic rings. The third kappa shape index (κ3) is 2.51. The number of rotatable bonds is 2. The van der Waals surface area contributed by atoms with Gasteiger partial charge in [-0.05, 0) is 49.9 Å². The van der Waals surface area contributed by atoms with E-state index < -0.39 is 0 Å². The highest BCUT2D eigenvalue weighted by atomic mass is 16.5. The van der Waals surface area contributed by atoms with Gasteiger partial charge in [0.15, 0.2) is 0 Å². The summed E-state index contributed by atoms with van der Waals surface area (Å²) < 4.78 is 5.56. The summed E-state index contributed by atoms with van der Waals surface area (Å²) in [7, 11) is 0. The van der Waals surface area contributed by atoms with Crippen LogP contribution in [-0.2, 0) is 14.3 Å². The predicted octanol–water partition coefficient (Wildman–Crippen LogP) is 2.05. The van der Waals surface area contributed by atoms with Crippen LogP contribution in [0.4, 0.5) is 5.69 Å². The van der Waals surface area contributed by atoms with Crippen LogP contribution < -0.4 is 4.90 Å². The number of morpholine rings is 1. The van der Waals surface area contributed by atoms with Gasteiger partial charge in [-0.3, -0.25) is 9.59 Å². The van der Waals surface area contributed by atoms with Crippen LogP contribution in [0.1, 0.15) is 30.4 Å². The highest BCUT2D eigenvalue weighted by Gasteiger charge is 2.45. The number of amides is 2. The zero-order chi connectivity index (χ0) is 16.8. The van der Waals surface area contributed by atoms with Crippen LogP contribution >= 0.6 is 0 Å². The van der Waals surface area contributed by atoms with Crippen molar-refractivity contribution >= 4 is 17.5 Å². The molecule has 0 radical (unpaired) electrons. The van der Waals surface area contributed by atoms with E-state index in [-0.39, 0.29) is 29.8 Å². The number of aryl methyl sites for hydroxylation is 2. The summed E-state index contributed by atoms with van der Waals surface area (Å²) in [6.07, 6.45) is 2.37. The van der Waals surface area contributed by atoms with Crippen molar-refractivity contribution in [1.29, 1.82) is 0 Å². The topological polar surface area (TPSA) is 49.9 Å². The normalized spacial score (nSPS) is 29.4. The number of carbonyl (C=O) groups is 2. The molecule has 1 aromatic rings. The van der Waals surface area contributed by atoms with Crippen molar-refractivity contribution in [3.63, 3.8) is 0 Å². The Kier molecular flexibility index (Phi) is 3.83. The van der Waals surface area contributed by atoms with Crippen molar-refractivity contribution in [1.82, 2.24) is 4.90 Å². The first-order chi connectivity index (χ1) is 11.5. The van der Waals surface area contributed by atoms with Crippen LogP contribution in [0.3, 0.4) is 0 Å². The monoisotopic (exact) mass is 328 g/mol. The summed E-state index contributed by atoms with van der Waals surface area (Å²) in [5.74, 6) is -0.0250. The van der Waals surface area contributed by atoms with E-state index in [1.807, 2.05) is 30.0 Å². The van der Waals surface area contributed by atoms with E-state index in [4.69, 9.17) is 4.74 Å². The van der Waals surface area contributed by atoms with Crippen LogP contribution in [0, 0.1) is 19.8 Å². The average Bonchev–Trinajstić information content (AvgIpc) is 3.07. The maximum absolute atomic E-state index is 13.0. The fourth-order valence-corrected chi connectivity index (χ4v) is 4.22. The molecule has 5 nitrogen and oxygen atoms in total. The minimum absolute atomic E-state index is 0.0530. The summed E-state index contributed by atoms with van der Waals surface area (Å²) in [6.45, 7) is 5.89. The quantitative estimate of drug-likeness (QED) is 0.835. The van der Waals surface area contributed by atoms with Gasteiger partial charge in [0.1, 0.15) is 0 Å². The average molecular weight is 328 g/mol. The molecule has 5 heteroatoms. The lowest BCUT2D eigenvalue weighted by atomic mass is 10.1. The molecule has 2 amide bonds. The third-order valence-corrected chi connectivity index (χ3v) is 5.77. The van der Waals surface area contributed by atoms with E-state index >= 15 is 0 Å². The Balaban J connectivity index is 1.51. The van der Waals surface area contributed by atoms with Crippen LogP contribution in [0.25, 0.3) is 0 Å². The van der Waals surface area contributed by atoms with E-state index in [2.05, 4.69) is 6.92 Å². The molecule has 3 heterocycles. The number of fused-ring (bicyclic) bond motifs is 2. The number of hydrogen-bond acceptors (Lipinski definition) is 3. The summed E-state index contributed by atoms with van der Waals surface area (Å²) in [4.78, 5) is 29.3. The molecule has 3 fully saturated rings.